The van der Waals surface area contributed by atoms with Crippen LogP contribution in [-0.2, 0) is 9.53 Å². The number of nitrogens with zero attached hydrogens (tertiary/aromatic N) is 1. The van der Waals surface area contributed by atoms with Crippen molar-refractivity contribution in [3.63, 3.8) is 0 Å². The molecular formula is C14H25NO3. The molecule has 0 bridgehead atoms. The largest absolute Gasteiger partial charge is 0.481 e. The van der Waals surface area contributed by atoms with E-state index in [-0.39, 0.29) is 11.8 Å². The number of hydrogen-bond acceptors (Lipinski definition) is 3. The van der Waals surface area contributed by atoms with Crippen LogP contribution in [0.1, 0.15) is 39.5 Å². The zero-order chi connectivity index (χ0) is 13.1. The van der Waals surface area contributed by atoms with Gasteiger partial charge in [-0.05, 0) is 25.2 Å². The summed E-state index contributed by atoms with van der Waals surface area (Å²) >= 11 is 0. The molecule has 2 fully saturated rings. The maximum Gasteiger partial charge on any atom is 0.308 e. The molecule has 4 heteroatoms. The monoisotopic (exact) mass is 255 g/mol. The Morgan fingerprint density at radius 3 is 2.83 bits per heavy atom. The molecule has 18 heavy (non-hydrogen) atoms. The van der Waals surface area contributed by atoms with Gasteiger partial charge in [-0.1, -0.05) is 20.3 Å². The van der Waals surface area contributed by atoms with Crippen molar-refractivity contribution in [1.82, 2.24) is 4.90 Å². The van der Waals surface area contributed by atoms with E-state index in [9.17, 15) is 9.90 Å². The van der Waals surface area contributed by atoms with Crippen LogP contribution in [0, 0.1) is 11.8 Å². The number of likely N-dealkylation sites (tertiary alicyclic amines) is 1. The van der Waals surface area contributed by atoms with Gasteiger partial charge < -0.3 is 9.84 Å². The first-order valence-electron chi connectivity index (χ1n) is 7.20. The third-order valence-corrected chi connectivity index (χ3v) is 4.42. The first-order valence-corrected chi connectivity index (χ1v) is 7.20. The molecule has 0 saturated carbocycles. The standard InChI is InChI=1S/C14H25NO3/c1-3-4-12-7-11(5-6-18-12)15-8-10(2)13(9-15)14(16)17/h10-13H,3-9H2,1-2H3,(H,16,17)/t10-,11?,12?,13-/m1/s1. The van der Waals surface area contributed by atoms with Gasteiger partial charge in [0.2, 0.25) is 0 Å². The third-order valence-electron chi connectivity index (χ3n) is 4.42. The highest BCUT2D eigenvalue weighted by Gasteiger charge is 2.39. The summed E-state index contributed by atoms with van der Waals surface area (Å²) in [5.41, 5.74) is 0. The Hall–Kier alpha value is -0.610. The molecule has 0 aliphatic carbocycles. The summed E-state index contributed by atoms with van der Waals surface area (Å²) in [6.07, 6.45) is 4.80. The number of carboxylic acids is 1. The Morgan fingerprint density at radius 2 is 2.22 bits per heavy atom. The van der Waals surface area contributed by atoms with Crippen molar-refractivity contribution in [1.29, 1.82) is 0 Å². The zero-order valence-corrected chi connectivity index (χ0v) is 11.5. The highest BCUT2D eigenvalue weighted by molar-refractivity contribution is 5.71. The van der Waals surface area contributed by atoms with Gasteiger partial charge in [0.25, 0.3) is 0 Å². The van der Waals surface area contributed by atoms with Crippen molar-refractivity contribution in [2.24, 2.45) is 11.8 Å². The molecule has 2 aliphatic rings. The van der Waals surface area contributed by atoms with Crippen LogP contribution in [0.4, 0.5) is 0 Å². The van der Waals surface area contributed by atoms with Gasteiger partial charge in [-0.2, -0.15) is 0 Å². The highest BCUT2D eigenvalue weighted by atomic mass is 16.5. The second kappa shape index (κ2) is 6.02. The zero-order valence-electron chi connectivity index (χ0n) is 11.5. The Bertz CT molecular complexity index is 293. The molecule has 0 amide bonds. The lowest BCUT2D eigenvalue weighted by atomic mass is 9.99. The van der Waals surface area contributed by atoms with Gasteiger partial charge in [0.15, 0.2) is 0 Å². The van der Waals surface area contributed by atoms with E-state index in [1.807, 2.05) is 0 Å². The topological polar surface area (TPSA) is 49.8 Å². The molecule has 2 rings (SSSR count). The van der Waals surface area contributed by atoms with Crippen LogP contribution >= 0.6 is 0 Å². The van der Waals surface area contributed by atoms with Gasteiger partial charge in [0.05, 0.1) is 12.0 Å². The Morgan fingerprint density at radius 1 is 1.44 bits per heavy atom. The van der Waals surface area contributed by atoms with Crippen molar-refractivity contribution in [2.75, 3.05) is 19.7 Å². The van der Waals surface area contributed by atoms with Gasteiger partial charge in [-0.25, -0.2) is 0 Å². The van der Waals surface area contributed by atoms with E-state index in [1.54, 1.807) is 0 Å². The van der Waals surface area contributed by atoms with Crippen LogP contribution in [0.3, 0.4) is 0 Å². The molecule has 4 nitrogen and oxygen atoms in total. The van der Waals surface area contributed by atoms with Gasteiger partial charge in [-0.15, -0.1) is 0 Å². The molecule has 2 heterocycles. The first kappa shape index (κ1) is 13.8. The van der Waals surface area contributed by atoms with Crippen molar-refractivity contribution in [3.05, 3.63) is 0 Å². The van der Waals surface area contributed by atoms with Gasteiger partial charge in [0.1, 0.15) is 0 Å². The fraction of sp³-hybridized carbons (Fsp3) is 0.929. The average molecular weight is 255 g/mol. The summed E-state index contributed by atoms with van der Waals surface area (Å²) in [5, 5.41) is 9.18. The summed E-state index contributed by atoms with van der Waals surface area (Å²) in [6, 6.07) is 0.530. The van der Waals surface area contributed by atoms with Crippen LogP contribution in [0.15, 0.2) is 0 Å². The molecule has 2 saturated heterocycles. The van der Waals surface area contributed by atoms with Crippen molar-refractivity contribution in [3.8, 4) is 0 Å². The van der Waals surface area contributed by atoms with Gasteiger partial charge in [-0.3, -0.25) is 9.69 Å². The second-order valence-electron chi connectivity index (χ2n) is 5.84. The van der Waals surface area contributed by atoms with Crippen LogP contribution in [0.5, 0.6) is 0 Å². The fourth-order valence-corrected chi connectivity index (χ4v) is 3.34. The first-order chi connectivity index (χ1) is 8.61. The highest BCUT2D eigenvalue weighted by Crippen LogP contribution is 2.30. The molecule has 0 aromatic heterocycles. The smallest absolute Gasteiger partial charge is 0.308 e. The number of carboxylic acid groups (broad SMARTS) is 1. The lowest BCUT2D eigenvalue weighted by Gasteiger charge is -2.35. The van der Waals surface area contributed by atoms with Crippen LogP contribution in [0.25, 0.3) is 0 Å². The lowest BCUT2D eigenvalue weighted by Crippen LogP contribution is -2.41. The maximum atomic E-state index is 11.2. The molecule has 0 aromatic rings. The molecule has 1 N–H and O–H groups in total. The summed E-state index contributed by atoms with van der Waals surface area (Å²) < 4.78 is 5.77. The van der Waals surface area contributed by atoms with Crippen molar-refractivity contribution < 1.29 is 14.6 Å². The predicted octanol–water partition coefficient (Wildman–Crippen LogP) is 1.99. The minimum atomic E-state index is -0.637. The third kappa shape index (κ3) is 3.04. The van der Waals surface area contributed by atoms with Gasteiger partial charge in [0, 0.05) is 25.7 Å². The molecule has 104 valence electrons. The SMILES string of the molecule is CCCC1CC(N2C[C@@H](C)[C@H](C(=O)O)C2)CCO1. The van der Waals surface area contributed by atoms with E-state index < -0.39 is 5.97 Å². The van der Waals surface area contributed by atoms with Crippen LogP contribution in [-0.4, -0.2) is 47.8 Å². The number of rotatable bonds is 4. The quantitative estimate of drug-likeness (QED) is 0.834. The molecule has 4 atom stereocenters. The molecule has 2 aliphatic heterocycles. The van der Waals surface area contributed by atoms with E-state index in [0.29, 0.717) is 12.1 Å². The van der Waals surface area contributed by atoms with Crippen LogP contribution in [0.2, 0.25) is 0 Å². The molecule has 2 unspecified atom stereocenters. The van der Waals surface area contributed by atoms with Gasteiger partial charge >= 0.3 is 5.97 Å². The summed E-state index contributed by atoms with van der Waals surface area (Å²) in [6.45, 7) is 6.73. The lowest BCUT2D eigenvalue weighted by molar-refractivity contribution is -0.142. The van der Waals surface area contributed by atoms with E-state index in [1.165, 1.54) is 0 Å². The van der Waals surface area contributed by atoms with Crippen LogP contribution < -0.4 is 0 Å². The number of aliphatic carboxylic acids is 1. The fourth-order valence-electron chi connectivity index (χ4n) is 3.34. The summed E-state index contributed by atoms with van der Waals surface area (Å²) in [4.78, 5) is 13.5. The van der Waals surface area contributed by atoms with E-state index in [2.05, 4.69) is 18.7 Å². The van der Waals surface area contributed by atoms with E-state index in [0.717, 1.165) is 45.4 Å². The van der Waals surface area contributed by atoms with E-state index >= 15 is 0 Å². The second-order valence-corrected chi connectivity index (χ2v) is 5.84. The normalized spacial score (nSPS) is 37.9. The summed E-state index contributed by atoms with van der Waals surface area (Å²) in [7, 11) is 0. The number of carbonyl (C=O) groups is 1. The maximum absolute atomic E-state index is 11.2. The Balaban J connectivity index is 1.90. The Labute approximate surface area is 109 Å². The molecule has 0 spiro atoms. The van der Waals surface area contributed by atoms with Crippen molar-refractivity contribution >= 4 is 5.97 Å². The average Bonchev–Trinajstić information content (AvgIpc) is 2.72. The molecule has 0 aromatic carbocycles. The summed E-state index contributed by atoms with van der Waals surface area (Å²) in [5.74, 6) is -0.547. The number of ether oxygens (including phenoxy) is 1. The molecule has 0 radical (unpaired) electrons. The predicted molar refractivity (Wildman–Crippen MR) is 69.5 cm³/mol. The minimum absolute atomic E-state index is 0.183. The van der Waals surface area contributed by atoms with Crippen molar-refractivity contribution in [2.45, 2.75) is 51.7 Å². The minimum Gasteiger partial charge on any atom is -0.481 e. The van der Waals surface area contributed by atoms with E-state index in [4.69, 9.17) is 4.74 Å². The number of hydrogen-bond donors (Lipinski definition) is 1. The molecular weight excluding hydrogens is 230 g/mol. The Kier molecular flexibility index (Phi) is 4.62.